The topological polar surface area (TPSA) is 71.1 Å². The number of halogens is 3. The molecule has 0 radical (unpaired) electrons. The van der Waals surface area contributed by atoms with Gasteiger partial charge in [0.15, 0.2) is 5.13 Å². The summed E-state index contributed by atoms with van der Waals surface area (Å²) in [4.78, 5) is 29.2. The summed E-state index contributed by atoms with van der Waals surface area (Å²) in [5.74, 6) is -1.38. The number of benzene rings is 1. The van der Waals surface area contributed by atoms with Gasteiger partial charge in [0, 0.05) is 10.3 Å². The third-order valence-corrected chi connectivity index (χ3v) is 5.07. The van der Waals surface area contributed by atoms with E-state index >= 15 is 0 Å². The zero-order chi connectivity index (χ0) is 19.4. The van der Waals surface area contributed by atoms with Crippen LogP contribution in [0.25, 0.3) is 0 Å². The lowest BCUT2D eigenvalue weighted by Gasteiger charge is -2.11. The van der Waals surface area contributed by atoms with Gasteiger partial charge >= 0.3 is 6.18 Å². The maximum atomic E-state index is 13.0. The fraction of sp³-hybridized carbons (Fsp3) is 0.118. The molecule has 0 fully saturated rings. The van der Waals surface area contributed by atoms with E-state index in [1.54, 1.807) is 0 Å². The Labute approximate surface area is 159 Å². The van der Waals surface area contributed by atoms with Crippen LogP contribution in [0.4, 0.5) is 18.3 Å². The highest BCUT2D eigenvalue weighted by atomic mass is 32.1. The normalized spacial score (nSPS) is 11.2. The second-order valence-electron chi connectivity index (χ2n) is 5.30. The van der Waals surface area contributed by atoms with Crippen molar-refractivity contribution in [1.29, 1.82) is 0 Å². The highest BCUT2D eigenvalue weighted by molar-refractivity contribution is 7.14. The molecular formula is C17H12F3N3O2S2. The Bertz CT molecular complexity index is 952. The van der Waals surface area contributed by atoms with Gasteiger partial charge in [0.05, 0.1) is 17.7 Å². The molecule has 0 saturated heterocycles. The molecule has 140 valence electrons. The van der Waals surface area contributed by atoms with Crippen LogP contribution < -0.4 is 10.6 Å². The van der Waals surface area contributed by atoms with Crippen molar-refractivity contribution in [3.63, 3.8) is 0 Å². The van der Waals surface area contributed by atoms with E-state index in [1.165, 1.54) is 28.8 Å². The van der Waals surface area contributed by atoms with Gasteiger partial charge in [-0.3, -0.25) is 14.9 Å². The number of thiazole rings is 1. The average molecular weight is 411 g/mol. The number of alkyl halides is 3. The Morgan fingerprint density at radius 1 is 1.04 bits per heavy atom. The van der Waals surface area contributed by atoms with Gasteiger partial charge in [-0.15, -0.1) is 22.7 Å². The van der Waals surface area contributed by atoms with Crippen LogP contribution in [-0.4, -0.2) is 16.8 Å². The molecule has 27 heavy (non-hydrogen) atoms. The predicted molar refractivity (Wildman–Crippen MR) is 97.0 cm³/mol. The third-order valence-electron chi connectivity index (χ3n) is 3.44. The van der Waals surface area contributed by atoms with Crippen molar-refractivity contribution in [1.82, 2.24) is 10.3 Å². The molecule has 2 N–H and O–H groups in total. The number of nitrogens with zero attached hydrogens (tertiary/aromatic N) is 1. The number of hydrogen-bond acceptors (Lipinski definition) is 5. The monoisotopic (exact) mass is 411 g/mol. The van der Waals surface area contributed by atoms with Crippen LogP contribution >= 0.6 is 22.7 Å². The molecule has 0 aliphatic rings. The maximum absolute atomic E-state index is 13.0. The van der Waals surface area contributed by atoms with Gasteiger partial charge < -0.3 is 5.32 Å². The second kappa shape index (κ2) is 7.89. The van der Waals surface area contributed by atoms with Gasteiger partial charge in [-0.2, -0.15) is 13.2 Å². The Morgan fingerprint density at radius 3 is 2.52 bits per heavy atom. The smallest absolute Gasteiger partial charge is 0.346 e. The molecule has 0 aliphatic heterocycles. The summed E-state index contributed by atoms with van der Waals surface area (Å²) in [6, 6.07) is 8.20. The lowest BCUT2D eigenvalue weighted by molar-refractivity contribution is -0.137. The summed E-state index contributed by atoms with van der Waals surface area (Å²) in [6.45, 7) is 0.342. The molecule has 1 aromatic carbocycles. The number of nitrogens with one attached hydrogen (secondary N) is 2. The van der Waals surface area contributed by atoms with Crippen molar-refractivity contribution in [3.8, 4) is 0 Å². The molecule has 5 nitrogen and oxygen atoms in total. The lowest BCUT2D eigenvalue weighted by atomic mass is 10.1. The average Bonchev–Trinajstić information content (AvgIpc) is 3.31. The number of aromatic nitrogens is 1. The first-order chi connectivity index (χ1) is 12.8. The number of carbonyl (C=O) groups excluding carboxylic acids is 2. The van der Waals surface area contributed by atoms with Crippen molar-refractivity contribution in [2.45, 2.75) is 12.7 Å². The fourth-order valence-corrected chi connectivity index (χ4v) is 3.53. The summed E-state index contributed by atoms with van der Waals surface area (Å²) < 4.78 is 39.0. The summed E-state index contributed by atoms with van der Waals surface area (Å²) in [6.07, 6.45) is -4.65. The van der Waals surface area contributed by atoms with Crippen molar-refractivity contribution in [3.05, 3.63) is 68.9 Å². The summed E-state index contributed by atoms with van der Waals surface area (Å²) in [7, 11) is 0. The van der Waals surface area contributed by atoms with Crippen LogP contribution in [0.2, 0.25) is 0 Å². The Balaban J connectivity index is 1.67. The van der Waals surface area contributed by atoms with Crippen molar-refractivity contribution >= 4 is 39.6 Å². The maximum Gasteiger partial charge on any atom is 0.417 e. The summed E-state index contributed by atoms with van der Waals surface area (Å²) in [5.41, 5.74) is -1.46. The van der Waals surface area contributed by atoms with Gasteiger partial charge in [0.2, 0.25) is 0 Å². The zero-order valence-electron chi connectivity index (χ0n) is 13.5. The van der Waals surface area contributed by atoms with E-state index in [0.29, 0.717) is 6.54 Å². The number of thiophene rings is 1. The van der Waals surface area contributed by atoms with Gasteiger partial charge in [-0.25, -0.2) is 4.98 Å². The molecule has 10 heteroatoms. The number of carbonyl (C=O) groups is 2. The van der Waals surface area contributed by atoms with E-state index in [0.717, 1.165) is 28.3 Å². The molecule has 3 aromatic rings. The lowest BCUT2D eigenvalue weighted by Crippen LogP contribution is -2.23. The molecule has 0 atom stereocenters. The second-order valence-corrected chi connectivity index (χ2v) is 7.19. The van der Waals surface area contributed by atoms with Gasteiger partial charge in [0.25, 0.3) is 11.8 Å². The van der Waals surface area contributed by atoms with E-state index in [9.17, 15) is 22.8 Å². The molecular weight excluding hydrogens is 399 g/mol. The Hall–Kier alpha value is -2.72. The number of hydrogen-bond donors (Lipinski definition) is 2. The quantitative estimate of drug-likeness (QED) is 0.654. The van der Waals surface area contributed by atoms with Crippen LogP contribution in [0, 0.1) is 0 Å². The van der Waals surface area contributed by atoms with Gasteiger partial charge in [-0.05, 0) is 23.6 Å². The molecule has 2 aromatic heterocycles. The SMILES string of the molecule is O=C(NCc1cccs1)c1csc(NC(=O)c2ccccc2C(F)(F)F)n1. The molecule has 0 saturated carbocycles. The summed E-state index contributed by atoms with van der Waals surface area (Å²) in [5, 5.41) is 8.34. The van der Waals surface area contributed by atoms with Crippen molar-refractivity contribution < 1.29 is 22.8 Å². The van der Waals surface area contributed by atoms with E-state index in [-0.39, 0.29) is 10.8 Å². The largest absolute Gasteiger partial charge is 0.417 e. The first-order valence-corrected chi connectivity index (χ1v) is 9.34. The van der Waals surface area contributed by atoms with Crippen molar-refractivity contribution in [2.24, 2.45) is 0 Å². The molecule has 0 spiro atoms. The number of anilines is 1. The van der Waals surface area contributed by atoms with Crippen LogP contribution in [0.3, 0.4) is 0 Å². The molecule has 0 unspecified atom stereocenters. The van der Waals surface area contributed by atoms with Gasteiger partial charge in [0.1, 0.15) is 5.69 Å². The van der Waals surface area contributed by atoms with Gasteiger partial charge in [-0.1, -0.05) is 18.2 Å². The van der Waals surface area contributed by atoms with E-state index in [2.05, 4.69) is 15.6 Å². The molecule has 3 rings (SSSR count). The van der Waals surface area contributed by atoms with E-state index in [1.807, 2.05) is 17.5 Å². The first kappa shape index (κ1) is 19.1. The van der Waals surface area contributed by atoms with E-state index in [4.69, 9.17) is 0 Å². The third kappa shape index (κ3) is 4.72. The van der Waals surface area contributed by atoms with Crippen molar-refractivity contribution in [2.75, 3.05) is 5.32 Å². The Kier molecular flexibility index (Phi) is 5.57. The Morgan fingerprint density at radius 2 is 1.81 bits per heavy atom. The molecule has 0 bridgehead atoms. The van der Waals surface area contributed by atoms with E-state index < -0.39 is 29.1 Å². The fourth-order valence-electron chi connectivity index (χ4n) is 2.20. The minimum absolute atomic E-state index is 0.0400. The van der Waals surface area contributed by atoms with Crippen LogP contribution in [0.1, 0.15) is 31.3 Å². The first-order valence-electron chi connectivity index (χ1n) is 7.58. The minimum atomic E-state index is -4.65. The molecule has 0 aliphatic carbocycles. The minimum Gasteiger partial charge on any atom is -0.346 e. The van der Waals surface area contributed by atoms with Crippen LogP contribution in [-0.2, 0) is 12.7 Å². The zero-order valence-corrected chi connectivity index (χ0v) is 15.2. The summed E-state index contributed by atoms with van der Waals surface area (Å²) >= 11 is 2.45. The highest BCUT2D eigenvalue weighted by Gasteiger charge is 2.35. The van der Waals surface area contributed by atoms with Crippen LogP contribution in [0.5, 0.6) is 0 Å². The molecule has 2 amide bonds. The number of amides is 2. The number of rotatable bonds is 5. The standard InChI is InChI=1S/C17H12F3N3O2S2/c18-17(19,20)12-6-2-1-5-11(12)14(24)23-16-22-13(9-27-16)15(25)21-8-10-4-3-7-26-10/h1-7,9H,8H2,(H,21,25)(H,22,23,24). The molecule has 2 heterocycles. The van der Waals surface area contributed by atoms with Crippen LogP contribution in [0.15, 0.2) is 47.2 Å². The predicted octanol–water partition coefficient (Wildman–Crippen LogP) is 4.41. The highest BCUT2D eigenvalue weighted by Crippen LogP contribution is 2.32.